The first kappa shape index (κ1) is 42.0. The van der Waals surface area contributed by atoms with Crippen molar-refractivity contribution in [2.75, 3.05) is 4.90 Å². The lowest BCUT2D eigenvalue weighted by Crippen LogP contribution is -2.10. The third-order valence-electron chi connectivity index (χ3n) is 13.7. The van der Waals surface area contributed by atoms with Crippen LogP contribution in [0.4, 0.5) is 17.1 Å². The summed E-state index contributed by atoms with van der Waals surface area (Å²) in [6, 6.07) is 95.9. The number of rotatable bonds is 10. The van der Waals surface area contributed by atoms with Gasteiger partial charge in [-0.25, -0.2) is 0 Å². The number of benzene rings is 11. The van der Waals surface area contributed by atoms with Gasteiger partial charge in [0, 0.05) is 33.4 Å². The average molecular weight is 925 g/mol. The Balaban J connectivity index is 0.882. The SMILES string of the molecule is c1ccc(-c2ccc(-c3ccc4c(c3)c3cc(-c5ccc(-c6ccccc6)cc5)ccc3n4-c3ccc(-c4ccc(N(c5ccccc5)c5ccc(-c6ccccc6)cc5)c5nsnc45)cc3)cc2)cc1. The van der Waals surface area contributed by atoms with Crippen molar-refractivity contribution >= 4 is 61.6 Å². The normalized spacial score (nSPS) is 11.4. The number of hydrogen-bond donors (Lipinski definition) is 0. The van der Waals surface area contributed by atoms with Gasteiger partial charge in [0.2, 0.25) is 0 Å². The van der Waals surface area contributed by atoms with Crippen molar-refractivity contribution in [1.82, 2.24) is 13.3 Å². The molecule has 0 aliphatic heterocycles. The number of anilines is 3. The fraction of sp³-hybridized carbons (Fsp3) is 0. The molecular formula is C66H44N4S. The van der Waals surface area contributed by atoms with Crippen LogP contribution in [0.25, 0.3) is 105 Å². The lowest BCUT2D eigenvalue weighted by atomic mass is 9.97. The molecule has 0 unspecified atom stereocenters. The third-order valence-corrected chi connectivity index (χ3v) is 14.3. The van der Waals surface area contributed by atoms with Crippen LogP contribution in [0.5, 0.6) is 0 Å². The Morgan fingerprint density at radius 3 is 1.14 bits per heavy atom. The minimum atomic E-state index is 0.867. The highest BCUT2D eigenvalue weighted by atomic mass is 32.1. The van der Waals surface area contributed by atoms with Crippen molar-refractivity contribution in [2.45, 2.75) is 0 Å². The van der Waals surface area contributed by atoms with Crippen molar-refractivity contribution in [3.05, 3.63) is 267 Å². The van der Waals surface area contributed by atoms with Crippen molar-refractivity contribution < 1.29 is 0 Å². The van der Waals surface area contributed by atoms with Gasteiger partial charge in [0.1, 0.15) is 11.0 Å². The summed E-state index contributed by atoms with van der Waals surface area (Å²) in [5, 5.41) is 2.42. The molecule has 71 heavy (non-hydrogen) atoms. The first-order valence-electron chi connectivity index (χ1n) is 24.0. The molecule has 0 amide bonds. The molecule has 5 heteroatoms. The molecule has 0 spiro atoms. The summed E-state index contributed by atoms with van der Waals surface area (Å²) >= 11 is 1.25. The number of nitrogens with zero attached hydrogens (tertiary/aromatic N) is 4. The Morgan fingerprint density at radius 1 is 0.296 bits per heavy atom. The molecule has 0 aliphatic carbocycles. The number of fused-ring (bicyclic) bond motifs is 4. The van der Waals surface area contributed by atoms with Gasteiger partial charge < -0.3 is 9.47 Å². The second-order valence-electron chi connectivity index (χ2n) is 17.9. The molecule has 0 saturated carbocycles. The summed E-state index contributed by atoms with van der Waals surface area (Å²) in [5.41, 5.74) is 22.3. The van der Waals surface area contributed by atoms with E-state index in [2.05, 4.69) is 276 Å². The van der Waals surface area contributed by atoms with E-state index in [1.54, 1.807) is 0 Å². The van der Waals surface area contributed by atoms with E-state index in [1.807, 2.05) is 0 Å². The van der Waals surface area contributed by atoms with Gasteiger partial charge in [-0.15, -0.1) is 0 Å². The van der Waals surface area contributed by atoms with E-state index in [4.69, 9.17) is 8.75 Å². The van der Waals surface area contributed by atoms with E-state index in [0.717, 1.165) is 55.9 Å². The van der Waals surface area contributed by atoms with E-state index in [-0.39, 0.29) is 0 Å². The van der Waals surface area contributed by atoms with Crippen LogP contribution >= 0.6 is 11.7 Å². The fourth-order valence-corrected chi connectivity index (χ4v) is 10.7. The van der Waals surface area contributed by atoms with Crippen molar-refractivity contribution in [2.24, 2.45) is 0 Å². The Labute approximate surface area is 417 Å². The lowest BCUT2D eigenvalue weighted by molar-refractivity contribution is 1.18. The summed E-state index contributed by atoms with van der Waals surface area (Å²) in [4.78, 5) is 2.28. The van der Waals surface area contributed by atoms with Crippen LogP contribution in [-0.2, 0) is 0 Å². The summed E-state index contributed by atoms with van der Waals surface area (Å²) in [6.07, 6.45) is 0. The molecule has 2 aromatic heterocycles. The molecule has 0 N–H and O–H groups in total. The van der Waals surface area contributed by atoms with Gasteiger partial charge in [0.05, 0.1) is 28.4 Å². The van der Waals surface area contributed by atoms with E-state index in [0.29, 0.717) is 0 Å². The minimum Gasteiger partial charge on any atom is -0.309 e. The zero-order chi connectivity index (χ0) is 47.1. The molecule has 11 aromatic carbocycles. The Bertz CT molecular complexity index is 3840. The quantitative estimate of drug-likeness (QED) is 0.137. The molecule has 2 heterocycles. The zero-order valence-electron chi connectivity index (χ0n) is 38.6. The van der Waals surface area contributed by atoms with Crippen LogP contribution < -0.4 is 4.90 Å². The summed E-state index contributed by atoms with van der Waals surface area (Å²) < 4.78 is 12.3. The van der Waals surface area contributed by atoms with Crippen LogP contribution in [0.2, 0.25) is 0 Å². The van der Waals surface area contributed by atoms with Gasteiger partial charge >= 0.3 is 0 Å². The monoisotopic (exact) mass is 924 g/mol. The van der Waals surface area contributed by atoms with Crippen LogP contribution in [-0.4, -0.2) is 13.3 Å². The third kappa shape index (κ3) is 7.85. The number of hydrogen-bond acceptors (Lipinski definition) is 4. The van der Waals surface area contributed by atoms with E-state index in [1.165, 1.54) is 78.1 Å². The molecule has 4 nitrogen and oxygen atoms in total. The largest absolute Gasteiger partial charge is 0.309 e. The fourth-order valence-electron chi connectivity index (χ4n) is 10.1. The lowest BCUT2D eigenvalue weighted by Gasteiger charge is -2.26. The average Bonchev–Trinajstić information content (AvgIpc) is 4.08. The molecule has 13 aromatic rings. The Morgan fingerprint density at radius 2 is 0.662 bits per heavy atom. The van der Waals surface area contributed by atoms with Gasteiger partial charge in [-0.05, 0) is 134 Å². The van der Waals surface area contributed by atoms with Crippen LogP contribution in [0.3, 0.4) is 0 Å². The smallest absolute Gasteiger partial charge is 0.129 e. The van der Waals surface area contributed by atoms with Crippen LogP contribution in [0.15, 0.2) is 267 Å². The maximum Gasteiger partial charge on any atom is 0.129 e. The van der Waals surface area contributed by atoms with Crippen molar-refractivity contribution in [3.8, 4) is 72.4 Å². The highest BCUT2D eigenvalue weighted by Gasteiger charge is 2.21. The molecule has 0 aliphatic rings. The molecule has 334 valence electrons. The van der Waals surface area contributed by atoms with Gasteiger partial charge in [0.15, 0.2) is 0 Å². The molecule has 13 rings (SSSR count). The molecule has 0 fully saturated rings. The van der Waals surface area contributed by atoms with Crippen LogP contribution in [0, 0.1) is 0 Å². The molecule has 0 bridgehead atoms. The van der Waals surface area contributed by atoms with Gasteiger partial charge in [0.25, 0.3) is 0 Å². The molecular weight excluding hydrogens is 881 g/mol. The zero-order valence-corrected chi connectivity index (χ0v) is 39.4. The topological polar surface area (TPSA) is 34.0 Å². The van der Waals surface area contributed by atoms with Crippen LogP contribution in [0.1, 0.15) is 0 Å². The maximum absolute atomic E-state index is 4.95. The Hall–Kier alpha value is -9.16. The predicted octanol–water partition coefficient (Wildman–Crippen LogP) is 18.3. The van der Waals surface area contributed by atoms with Gasteiger partial charge in [-0.1, -0.05) is 194 Å². The van der Waals surface area contributed by atoms with E-state index >= 15 is 0 Å². The molecule has 0 radical (unpaired) electrons. The van der Waals surface area contributed by atoms with E-state index < -0.39 is 0 Å². The maximum atomic E-state index is 4.95. The molecule has 0 saturated heterocycles. The summed E-state index contributed by atoms with van der Waals surface area (Å²) in [7, 11) is 0. The first-order valence-corrected chi connectivity index (χ1v) is 24.7. The second-order valence-corrected chi connectivity index (χ2v) is 18.4. The Kier molecular flexibility index (Phi) is 10.7. The number of aromatic nitrogens is 3. The standard InChI is InChI=1S/C66H44N4S/c1-5-13-45(14-6-1)48-21-25-51(26-22-48)54-33-40-62-60(43-54)61-44-55(52-27-23-49(24-28-52)46-15-7-2-8-16-46)34-41-63(61)70(62)58-37-31-53(32-38-58)59-39-42-64(66-65(59)67-71-68-66)69(56-19-11-4-12-20-56)57-35-29-50(30-36-57)47-17-9-3-10-18-47/h1-44H. The van der Waals surface area contributed by atoms with Gasteiger partial charge in [-0.2, -0.15) is 8.75 Å². The minimum absolute atomic E-state index is 0.867. The summed E-state index contributed by atoms with van der Waals surface area (Å²) in [5.74, 6) is 0. The van der Waals surface area contributed by atoms with E-state index in [9.17, 15) is 0 Å². The summed E-state index contributed by atoms with van der Waals surface area (Å²) in [6.45, 7) is 0. The first-order chi connectivity index (χ1) is 35.2. The number of para-hydroxylation sites is 1. The van der Waals surface area contributed by atoms with Crippen molar-refractivity contribution in [1.29, 1.82) is 0 Å². The van der Waals surface area contributed by atoms with Gasteiger partial charge in [-0.3, -0.25) is 0 Å². The predicted molar refractivity (Wildman–Crippen MR) is 299 cm³/mol. The molecule has 0 atom stereocenters. The van der Waals surface area contributed by atoms with Crippen molar-refractivity contribution in [3.63, 3.8) is 0 Å². The highest BCUT2D eigenvalue weighted by molar-refractivity contribution is 7.00. The highest BCUT2D eigenvalue weighted by Crippen LogP contribution is 2.43. The second kappa shape index (κ2) is 18.1.